The fourth-order valence-electron chi connectivity index (χ4n) is 1.92. The maximum atomic E-state index is 11.5. The molecule has 0 aromatic heterocycles. The third-order valence-corrected chi connectivity index (χ3v) is 2.80. The predicted octanol–water partition coefficient (Wildman–Crippen LogP) is 1.74. The van der Waals surface area contributed by atoms with Gasteiger partial charge in [0.25, 0.3) is 0 Å². The predicted molar refractivity (Wildman–Crippen MR) is 57.3 cm³/mol. The van der Waals surface area contributed by atoms with Crippen LogP contribution in [0.2, 0.25) is 0 Å². The standard InChI is InChI=1S/C11H14N2O/c1-7-5-11(14)13(2)10-4-3-8(12)6-9(7)10/h3-4,6-7H,5,12H2,1-2H3/t7-/m0/s1. The number of anilines is 2. The largest absolute Gasteiger partial charge is 0.399 e. The number of amides is 1. The van der Waals surface area contributed by atoms with Gasteiger partial charge in [0, 0.05) is 24.8 Å². The fourth-order valence-corrected chi connectivity index (χ4v) is 1.92. The zero-order valence-corrected chi connectivity index (χ0v) is 8.45. The Hall–Kier alpha value is -1.51. The molecule has 0 unspecified atom stereocenters. The minimum absolute atomic E-state index is 0.176. The Labute approximate surface area is 83.5 Å². The van der Waals surface area contributed by atoms with E-state index in [2.05, 4.69) is 6.92 Å². The van der Waals surface area contributed by atoms with Gasteiger partial charge in [0.1, 0.15) is 0 Å². The van der Waals surface area contributed by atoms with Gasteiger partial charge in [-0.25, -0.2) is 0 Å². The highest BCUT2D eigenvalue weighted by Crippen LogP contribution is 2.35. The lowest BCUT2D eigenvalue weighted by Gasteiger charge is -2.29. The highest BCUT2D eigenvalue weighted by Gasteiger charge is 2.25. The summed E-state index contributed by atoms with van der Waals surface area (Å²) in [5.41, 5.74) is 8.65. The number of hydrogen-bond donors (Lipinski definition) is 1. The molecule has 1 aliphatic rings. The first kappa shape index (κ1) is 9.06. The van der Waals surface area contributed by atoms with Gasteiger partial charge in [0.2, 0.25) is 5.91 Å². The molecule has 1 aliphatic heterocycles. The average Bonchev–Trinajstić information content (AvgIpc) is 2.14. The van der Waals surface area contributed by atoms with Gasteiger partial charge in [-0.15, -0.1) is 0 Å². The second-order valence-electron chi connectivity index (χ2n) is 3.88. The smallest absolute Gasteiger partial charge is 0.227 e. The molecular formula is C11H14N2O. The molecule has 0 fully saturated rings. The summed E-state index contributed by atoms with van der Waals surface area (Å²) in [6.07, 6.45) is 0.576. The summed E-state index contributed by atoms with van der Waals surface area (Å²) in [4.78, 5) is 13.2. The first-order valence-corrected chi connectivity index (χ1v) is 4.75. The molecule has 3 heteroatoms. The molecule has 0 spiro atoms. The zero-order chi connectivity index (χ0) is 10.3. The van der Waals surface area contributed by atoms with Crippen LogP contribution in [-0.2, 0) is 4.79 Å². The molecule has 0 bridgehead atoms. The van der Waals surface area contributed by atoms with Crippen molar-refractivity contribution >= 4 is 17.3 Å². The summed E-state index contributed by atoms with van der Waals surface area (Å²) < 4.78 is 0. The van der Waals surface area contributed by atoms with E-state index < -0.39 is 0 Å². The second-order valence-corrected chi connectivity index (χ2v) is 3.88. The minimum atomic E-state index is 0.176. The van der Waals surface area contributed by atoms with Crippen molar-refractivity contribution in [3.63, 3.8) is 0 Å². The molecule has 1 atom stereocenters. The van der Waals surface area contributed by atoms with E-state index in [1.807, 2.05) is 25.2 Å². The molecule has 1 amide bonds. The highest BCUT2D eigenvalue weighted by atomic mass is 16.2. The molecule has 1 aromatic rings. The minimum Gasteiger partial charge on any atom is -0.399 e. The van der Waals surface area contributed by atoms with Gasteiger partial charge in [-0.1, -0.05) is 6.92 Å². The van der Waals surface area contributed by atoms with E-state index in [0.29, 0.717) is 6.42 Å². The normalized spacial score (nSPS) is 20.9. The SMILES string of the molecule is C[C@H]1CC(=O)N(C)c2ccc(N)cc21. The maximum absolute atomic E-state index is 11.5. The number of carbonyl (C=O) groups excluding carboxylic acids is 1. The number of hydrogen-bond acceptors (Lipinski definition) is 2. The Morgan fingerprint density at radius 1 is 1.50 bits per heavy atom. The van der Waals surface area contributed by atoms with Crippen LogP contribution in [0.1, 0.15) is 24.8 Å². The van der Waals surface area contributed by atoms with Crippen LogP contribution >= 0.6 is 0 Å². The monoisotopic (exact) mass is 190 g/mol. The second kappa shape index (κ2) is 3.01. The molecule has 0 radical (unpaired) electrons. The van der Waals surface area contributed by atoms with Gasteiger partial charge in [-0.3, -0.25) is 4.79 Å². The van der Waals surface area contributed by atoms with E-state index in [0.717, 1.165) is 11.4 Å². The average molecular weight is 190 g/mol. The molecule has 74 valence electrons. The first-order valence-electron chi connectivity index (χ1n) is 4.75. The van der Waals surface area contributed by atoms with E-state index in [1.165, 1.54) is 5.56 Å². The number of benzene rings is 1. The van der Waals surface area contributed by atoms with Gasteiger partial charge < -0.3 is 10.6 Å². The van der Waals surface area contributed by atoms with Crippen molar-refractivity contribution in [3.05, 3.63) is 23.8 Å². The number of fused-ring (bicyclic) bond motifs is 1. The quantitative estimate of drug-likeness (QED) is 0.633. The van der Waals surface area contributed by atoms with E-state index in [9.17, 15) is 4.79 Å². The Morgan fingerprint density at radius 3 is 2.93 bits per heavy atom. The van der Waals surface area contributed by atoms with Gasteiger partial charge in [0.15, 0.2) is 0 Å². The van der Waals surface area contributed by atoms with Gasteiger partial charge >= 0.3 is 0 Å². The lowest BCUT2D eigenvalue weighted by Crippen LogP contribution is -2.32. The van der Waals surface area contributed by atoms with Crippen LogP contribution in [0.5, 0.6) is 0 Å². The van der Waals surface area contributed by atoms with Crippen LogP contribution in [-0.4, -0.2) is 13.0 Å². The highest BCUT2D eigenvalue weighted by molar-refractivity contribution is 5.96. The van der Waals surface area contributed by atoms with Crippen molar-refractivity contribution in [2.24, 2.45) is 0 Å². The summed E-state index contributed by atoms with van der Waals surface area (Å²) in [6.45, 7) is 2.06. The third kappa shape index (κ3) is 1.25. The van der Waals surface area contributed by atoms with Gasteiger partial charge in [-0.05, 0) is 29.7 Å². The van der Waals surface area contributed by atoms with E-state index in [1.54, 1.807) is 4.90 Å². The molecular weight excluding hydrogens is 176 g/mol. The molecule has 2 rings (SSSR count). The van der Waals surface area contributed by atoms with Crippen molar-refractivity contribution in [1.29, 1.82) is 0 Å². The molecule has 14 heavy (non-hydrogen) atoms. The van der Waals surface area contributed by atoms with Gasteiger partial charge in [0.05, 0.1) is 0 Å². The van der Waals surface area contributed by atoms with Gasteiger partial charge in [-0.2, -0.15) is 0 Å². The lowest BCUT2D eigenvalue weighted by atomic mass is 9.91. The molecule has 2 N–H and O–H groups in total. The van der Waals surface area contributed by atoms with Crippen LogP contribution in [0.25, 0.3) is 0 Å². The Kier molecular flexibility index (Phi) is 1.95. The van der Waals surface area contributed by atoms with Crippen molar-refractivity contribution in [1.82, 2.24) is 0 Å². The Morgan fingerprint density at radius 2 is 2.21 bits per heavy atom. The van der Waals surface area contributed by atoms with E-state index in [-0.39, 0.29) is 11.8 Å². The van der Waals surface area contributed by atoms with Crippen molar-refractivity contribution in [3.8, 4) is 0 Å². The molecule has 0 aliphatic carbocycles. The molecule has 0 saturated carbocycles. The summed E-state index contributed by atoms with van der Waals surface area (Å²) in [5.74, 6) is 0.451. The van der Waals surface area contributed by atoms with E-state index >= 15 is 0 Å². The maximum Gasteiger partial charge on any atom is 0.227 e. The summed E-state index contributed by atoms with van der Waals surface area (Å²) >= 11 is 0. The Balaban J connectivity index is 2.55. The zero-order valence-electron chi connectivity index (χ0n) is 8.45. The van der Waals surface area contributed by atoms with Crippen LogP contribution in [0.3, 0.4) is 0 Å². The third-order valence-electron chi connectivity index (χ3n) is 2.80. The van der Waals surface area contributed by atoms with Crippen LogP contribution in [0, 0.1) is 0 Å². The van der Waals surface area contributed by atoms with Crippen LogP contribution in [0.15, 0.2) is 18.2 Å². The van der Waals surface area contributed by atoms with Crippen molar-refractivity contribution in [2.75, 3.05) is 17.7 Å². The molecule has 0 saturated heterocycles. The van der Waals surface area contributed by atoms with Crippen LogP contribution in [0.4, 0.5) is 11.4 Å². The summed E-state index contributed by atoms with van der Waals surface area (Å²) in [7, 11) is 1.81. The Bertz CT molecular complexity index is 387. The summed E-state index contributed by atoms with van der Waals surface area (Å²) in [5, 5.41) is 0. The molecule has 1 heterocycles. The number of rotatable bonds is 0. The number of carbonyl (C=O) groups is 1. The summed E-state index contributed by atoms with van der Waals surface area (Å²) in [6, 6.07) is 5.71. The molecule has 3 nitrogen and oxygen atoms in total. The number of nitrogen functional groups attached to an aromatic ring is 1. The lowest BCUT2D eigenvalue weighted by molar-refractivity contribution is -0.119. The van der Waals surface area contributed by atoms with Crippen LogP contribution < -0.4 is 10.6 Å². The van der Waals surface area contributed by atoms with Crippen molar-refractivity contribution < 1.29 is 4.79 Å². The number of nitrogens with two attached hydrogens (primary N) is 1. The fraction of sp³-hybridized carbons (Fsp3) is 0.364. The number of nitrogens with zero attached hydrogens (tertiary/aromatic N) is 1. The topological polar surface area (TPSA) is 46.3 Å². The van der Waals surface area contributed by atoms with Crippen molar-refractivity contribution in [2.45, 2.75) is 19.3 Å². The first-order chi connectivity index (χ1) is 6.59. The van der Waals surface area contributed by atoms with E-state index in [4.69, 9.17) is 5.73 Å². The molecule has 1 aromatic carbocycles.